The van der Waals surface area contributed by atoms with Crippen molar-refractivity contribution < 1.29 is 13.2 Å². The summed E-state index contributed by atoms with van der Waals surface area (Å²) in [5.74, 6) is 0.117. The fourth-order valence-electron chi connectivity index (χ4n) is 1.96. The average molecular weight is 287 g/mol. The maximum absolute atomic E-state index is 11.9. The molecule has 0 unspecified atom stereocenters. The number of nitrogens with zero attached hydrogens (tertiary/aromatic N) is 5. The smallest absolute Gasteiger partial charge is 0.244 e. The molecule has 1 aromatic heterocycles. The van der Waals surface area contributed by atoms with E-state index in [-0.39, 0.29) is 37.2 Å². The summed E-state index contributed by atoms with van der Waals surface area (Å²) >= 11 is 0. The molecule has 0 radical (unpaired) electrons. The molecular weight excluding hydrogens is 270 g/mol. The number of likely N-dealkylation sites (tertiary alicyclic amines) is 1. The molecule has 8 nitrogen and oxygen atoms in total. The van der Waals surface area contributed by atoms with Crippen molar-refractivity contribution in [1.82, 2.24) is 25.1 Å². The van der Waals surface area contributed by atoms with E-state index in [2.05, 4.69) is 15.5 Å². The van der Waals surface area contributed by atoms with Gasteiger partial charge in [0.25, 0.3) is 0 Å². The van der Waals surface area contributed by atoms with E-state index in [0.29, 0.717) is 0 Å². The van der Waals surface area contributed by atoms with Gasteiger partial charge in [-0.2, -0.15) is 0 Å². The SMILES string of the molecule is CC(C)CS(=O)(=O)C1CN(C(=O)Cn2cnnn2)C1. The number of tetrazole rings is 1. The van der Waals surface area contributed by atoms with Gasteiger partial charge in [-0.1, -0.05) is 13.8 Å². The zero-order valence-electron chi connectivity index (χ0n) is 10.9. The van der Waals surface area contributed by atoms with E-state index in [1.807, 2.05) is 13.8 Å². The molecule has 1 aromatic rings. The van der Waals surface area contributed by atoms with E-state index in [1.54, 1.807) is 0 Å². The lowest BCUT2D eigenvalue weighted by atomic mass is 10.2. The molecule has 9 heteroatoms. The third kappa shape index (κ3) is 3.28. The van der Waals surface area contributed by atoms with E-state index < -0.39 is 15.1 Å². The number of aromatic nitrogens is 4. The summed E-state index contributed by atoms with van der Waals surface area (Å²) in [6.07, 6.45) is 1.35. The molecule has 0 bridgehead atoms. The van der Waals surface area contributed by atoms with E-state index in [9.17, 15) is 13.2 Å². The second-order valence-corrected chi connectivity index (χ2v) is 7.48. The van der Waals surface area contributed by atoms with Crippen LogP contribution in [-0.2, 0) is 21.2 Å². The van der Waals surface area contributed by atoms with Crippen molar-refractivity contribution in [2.24, 2.45) is 5.92 Å². The van der Waals surface area contributed by atoms with Crippen LogP contribution in [-0.4, -0.2) is 63.5 Å². The minimum Gasteiger partial charge on any atom is -0.338 e. The van der Waals surface area contributed by atoms with E-state index >= 15 is 0 Å². The van der Waals surface area contributed by atoms with Gasteiger partial charge in [0.1, 0.15) is 12.9 Å². The molecule has 0 aliphatic carbocycles. The lowest BCUT2D eigenvalue weighted by Gasteiger charge is -2.38. The van der Waals surface area contributed by atoms with Crippen LogP contribution in [0.2, 0.25) is 0 Å². The van der Waals surface area contributed by atoms with Gasteiger partial charge in [-0.25, -0.2) is 13.1 Å². The Bertz CT molecular complexity index is 534. The first-order valence-corrected chi connectivity index (χ1v) is 7.80. The van der Waals surface area contributed by atoms with Crippen molar-refractivity contribution in [2.75, 3.05) is 18.8 Å². The topological polar surface area (TPSA) is 98.1 Å². The van der Waals surface area contributed by atoms with Gasteiger partial charge in [0.2, 0.25) is 5.91 Å². The lowest BCUT2D eigenvalue weighted by molar-refractivity contribution is -0.135. The van der Waals surface area contributed by atoms with Gasteiger partial charge in [-0.05, 0) is 16.3 Å². The Morgan fingerprint density at radius 1 is 1.42 bits per heavy atom. The number of carbonyl (C=O) groups is 1. The van der Waals surface area contributed by atoms with Gasteiger partial charge in [-0.15, -0.1) is 5.10 Å². The Kier molecular flexibility index (Phi) is 3.83. The molecule has 2 rings (SSSR count). The van der Waals surface area contributed by atoms with Crippen LogP contribution in [0.4, 0.5) is 0 Å². The predicted molar refractivity (Wildman–Crippen MR) is 66.8 cm³/mol. The summed E-state index contributed by atoms with van der Waals surface area (Å²) in [4.78, 5) is 13.3. The first kappa shape index (κ1) is 13.9. The van der Waals surface area contributed by atoms with Crippen molar-refractivity contribution in [3.63, 3.8) is 0 Å². The fourth-order valence-corrected chi connectivity index (χ4v) is 3.98. The zero-order chi connectivity index (χ0) is 14.0. The summed E-state index contributed by atoms with van der Waals surface area (Å²) in [6.45, 7) is 4.34. The van der Waals surface area contributed by atoms with Gasteiger partial charge >= 0.3 is 0 Å². The third-order valence-corrected chi connectivity index (χ3v) is 5.41. The second kappa shape index (κ2) is 5.24. The number of hydrogen-bond donors (Lipinski definition) is 0. The van der Waals surface area contributed by atoms with Gasteiger partial charge in [0, 0.05) is 13.1 Å². The number of carbonyl (C=O) groups excluding carboxylic acids is 1. The summed E-state index contributed by atoms with van der Waals surface area (Å²) in [7, 11) is -3.09. The lowest BCUT2D eigenvalue weighted by Crippen LogP contribution is -2.58. The molecule has 2 heterocycles. The van der Waals surface area contributed by atoms with Crippen LogP contribution < -0.4 is 0 Å². The molecule has 0 spiro atoms. The first-order chi connectivity index (χ1) is 8.88. The molecule has 0 saturated carbocycles. The molecule has 1 saturated heterocycles. The Balaban J connectivity index is 1.84. The highest BCUT2D eigenvalue weighted by molar-refractivity contribution is 7.92. The molecule has 19 heavy (non-hydrogen) atoms. The summed E-state index contributed by atoms with van der Waals surface area (Å²) in [5.41, 5.74) is 0. The van der Waals surface area contributed by atoms with Gasteiger partial charge in [-0.3, -0.25) is 4.79 Å². The van der Waals surface area contributed by atoms with Crippen LogP contribution in [0.15, 0.2) is 6.33 Å². The van der Waals surface area contributed by atoms with Crippen molar-refractivity contribution >= 4 is 15.7 Å². The molecule has 1 aliphatic heterocycles. The third-order valence-electron chi connectivity index (χ3n) is 2.96. The molecule has 1 amide bonds. The van der Waals surface area contributed by atoms with Crippen LogP contribution >= 0.6 is 0 Å². The van der Waals surface area contributed by atoms with Crippen LogP contribution in [0.3, 0.4) is 0 Å². The standard InChI is InChI=1S/C10H17N5O3S/c1-8(2)6-19(17,18)9-3-14(4-9)10(16)5-15-7-11-12-13-15/h7-9H,3-6H2,1-2H3. The largest absolute Gasteiger partial charge is 0.338 e. The predicted octanol–water partition coefficient (Wildman–Crippen LogP) is -1.05. The maximum atomic E-state index is 11.9. The van der Waals surface area contributed by atoms with Gasteiger partial charge < -0.3 is 4.90 Å². The Labute approximate surface area is 111 Å². The Morgan fingerprint density at radius 3 is 2.63 bits per heavy atom. The highest BCUT2D eigenvalue weighted by Gasteiger charge is 2.39. The molecular formula is C10H17N5O3S. The number of rotatable bonds is 5. The first-order valence-electron chi connectivity index (χ1n) is 6.08. The fraction of sp³-hybridized carbons (Fsp3) is 0.800. The second-order valence-electron chi connectivity index (χ2n) is 5.15. The van der Waals surface area contributed by atoms with E-state index in [4.69, 9.17) is 0 Å². The monoisotopic (exact) mass is 287 g/mol. The molecule has 0 N–H and O–H groups in total. The quantitative estimate of drug-likeness (QED) is 0.685. The summed E-state index contributed by atoms with van der Waals surface area (Å²) in [6, 6.07) is 0. The minimum absolute atomic E-state index is 0.0456. The average Bonchev–Trinajstić information content (AvgIpc) is 2.64. The summed E-state index contributed by atoms with van der Waals surface area (Å²) < 4.78 is 25.2. The molecule has 0 atom stereocenters. The molecule has 1 fully saturated rings. The van der Waals surface area contributed by atoms with Crippen molar-refractivity contribution in [3.05, 3.63) is 6.33 Å². The van der Waals surface area contributed by atoms with E-state index in [1.165, 1.54) is 15.9 Å². The normalized spacial score (nSPS) is 16.7. The van der Waals surface area contributed by atoms with Crippen molar-refractivity contribution in [2.45, 2.75) is 25.6 Å². The Hall–Kier alpha value is -1.51. The van der Waals surface area contributed by atoms with Gasteiger partial charge in [0.15, 0.2) is 9.84 Å². The molecule has 0 aromatic carbocycles. The van der Waals surface area contributed by atoms with Crippen LogP contribution in [0, 0.1) is 5.92 Å². The van der Waals surface area contributed by atoms with Crippen LogP contribution in [0.25, 0.3) is 0 Å². The van der Waals surface area contributed by atoms with Crippen LogP contribution in [0.1, 0.15) is 13.8 Å². The van der Waals surface area contributed by atoms with Crippen LogP contribution in [0.5, 0.6) is 0 Å². The zero-order valence-corrected chi connectivity index (χ0v) is 11.7. The van der Waals surface area contributed by atoms with Crippen molar-refractivity contribution in [1.29, 1.82) is 0 Å². The maximum Gasteiger partial charge on any atom is 0.244 e. The highest BCUT2D eigenvalue weighted by atomic mass is 32.2. The number of sulfone groups is 1. The molecule has 1 aliphatic rings. The Morgan fingerprint density at radius 2 is 2.11 bits per heavy atom. The molecule has 106 valence electrons. The van der Waals surface area contributed by atoms with E-state index in [0.717, 1.165) is 0 Å². The summed E-state index contributed by atoms with van der Waals surface area (Å²) in [5, 5.41) is 10.0. The number of hydrogen-bond acceptors (Lipinski definition) is 6. The minimum atomic E-state index is -3.09. The number of amides is 1. The van der Waals surface area contributed by atoms with Crippen molar-refractivity contribution in [3.8, 4) is 0 Å². The van der Waals surface area contributed by atoms with Gasteiger partial charge in [0.05, 0.1) is 11.0 Å². The highest BCUT2D eigenvalue weighted by Crippen LogP contribution is 2.19.